The van der Waals surface area contributed by atoms with E-state index in [0.29, 0.717) is 5.82 Å². The molecule has 9 rings (SSSR count). The average Bonchev–Trinajstić information content (AvgIpc) is 3.30. The zero-order valence-electron chi connectivity index (χ0n) is 33.3. The fourth-order valence-electron chi connectivity index (χ4n) is 8.10. The lowest BCUT2D eigenvalue weighted by atomic mass is 9.96. The summed E-state index contributed by atoms with van der Waals surface area (Å²) in [5.41, 5.74) is 10.3. The van der Waals surface area contributed by atoms with Crippen LogP contribution in [0.1, 0.15) is 24.5 Å². The van der Waals surface area contributed by atoms with Gasteiger partial charge >= 0.3 is 0 Å². The predicted molar refractivity (Wildman–Crippen MR) is 254 cm³/mol. The Bertz CT molecular complexity index is 3220. The Balaban J connectivity index is 1.13. The van der Waals surface area contributed by atoms with Crippen molar-refractivity contribution in [2.24, 2.45) is 4.99 Å². The number of hydrogen-bond acceptors (Lipinski definition) is 3. The van der Waals surface area contributed by atoms with E-state index in [-0.39, 0.29) is 0 Å². The molecule has 9 aromatic rings. The third kappa shape index (κ3) is 7.55. The molecule has 1 aromatic heterocycles. The third-order valence-electron chi connectivity index (χ3n) is 11.0. The molecule has 8 aromatic carbocycles. The molecular formula is C56H43N3. The molecule has 0 amide bonds. The van der Waals surface area contributed by atoms with Gasteiger partial charge in [0.2, 0.25) is 0 Å². The van der Waals surface area contributed by atoms with Crippen molar-refractivity contribution in [1.82, 2.24) is 9.97 Å². The second-order valence-corrected chi connectivity index (χ2v) is 14.7. The summed E-state index contributed by atoms with van der Waals surface area (Å²) in [7, 11) is 1.81. The second-order valence-electron chi connectivity index (χ2n) is 14.7. The Labute approximate surface area is 345 Å². The van der Waals surface area contributed by atoms with Crippen LogP contribution in [0.4, 0.5) is 0 Å². The maximum absolute atomic E-state index is 5.23. The summed E-state index contributed by atoms with van der Waals surface area (Å²) in [6.45, 7) is 6.66. The van der Waals surface area contributed by atoms with Gasteiger partial charge in [0, 0.05) is 30.0 Å². The summed E-state index contributed by atoms with van der Waals surface area (Å²) < 4.78 is 0. The highest BCUT2D eigenvalue weighted by molar-refractivity contribution is 6.10. The highest BCUT2D eigenvalue weighted by Gasteiger charge is 2.13. The molecule has 282 valence electrons. The van der Waals surface area contributed by atoms with Gasteiger partial charge in [-0.25, -0.2) is 9.97 Å². The maximum atomic E-state index is 5.23. The van der Waals surface area contributed by atoms with E-state index >= 15 is 0 Å². The first kappa shape index (κ1) is 37.1. The van der Waals surface area contributed by atoms with Gasteiger partial charge in [-0.3, -0.25) is 4.99 Å². The van der Waals surface area contributed by atoms with E-state index in [9.17, 15) is 0 Å². The van der Waals surface area contributed by atoms with Crippen molar-refractivity contribution in [1.29, 1.82) is 0 Å². The number of hydrogen-bond donors (Lipinski definition) is 0. The molecule has 0 spiro atoms. The number of aliphatic imine (C=N–C) groups is 1. The lowest BCUT2D eigenvalue weighted by molar-refractivity contribution is 1.18. The fraction of sp³-hybridized carbons (Fsp3) is 0.0536. The summed E-state index contributed by atoms with van der Waals surface area (Å²) in [5.74, 6) is 0.667. The zero-order valence-corrected chi connectivity index (χ0v) is 33.3. The molecule has 0 aliphatic heterocycles. The molecule has 0 fully saturated rings. The first-order valence-corrected chi connectivity index (χ1v) is 20.2. The molecule has 0 saturated heterocycles. The highest BCUT2D eigenvalue weighted by Crippen LogP contribution is 2.33. The van der Waals surface area contributed by atoms with Crippen LogP contribution in [0.25, 0.3) is 102 Å². The summed E-state index contributed by atoms with van der Waals surface area (Å²) in [4.78, 5) is 14.8. The van der Waals surface area contributed by atoms with E-state index in [1.807, 2.05) is 13.3 Å². The second kappa shape index (κ2) is 16.5. The molecule has 0 aliphatic rings. The van der Waals surface area contributed by atoms with Crippen molar-refractivity contribution < 1.29 is 0 Å². The molecule has 0 unspecified atom stereocenters. The van der Waals surface area contributed by atoms with Crippen LogP contribution < -0.4 is 10.4 Å². The van der Waals surface area contributed by atoms with E-state index in [1.165, 1.54) is 43.4 Å². The minimum absolute atomic E-state index is 0.667. The molecule has 59 heavy (non-hydrogen) atoms. The van der Waals surface area contributed by atoms with E-state index in [0.717, 1.165) is 61.6 Å². The van der Waals surface area contributed by atoms with Gasteiger partial charge in [0.25, 0.3) is 0 Å². The highest BCUT2D eigenvalue weighted by atomic mass is 14.9. The molecule has 0 radical (unpaired) electrons. The zero-order chi connectivity index (χ0) is 40.1. The molecule has 3 nitrogen and oxygen atoms in total. The topological polar surface area (TPSA) is 38.1 Å². The van der Waals surface area contributed by atoms with Gasteiger partial charge in [0.05, 0.1) is 11.4 Å². The molecule has 0 N–H and O–H groups in total. The predicted octanol–water partition coefficient (Wildman–Crippen LogP) is 13.0. The Hall–Kier alpha value is -7.49. The Morgan fingerprint density at radius 3 is 1.98 bits per heavy atom. The first-order chi connectivity index (χ1) is 29.1. The van der Waals surface area contributed by atoms with Crippen LogP contribution >= 0.6 is 0 Å². The average molecular weight is 758 g/mol. The molecule has 3 heteroatoms. The Morgan fingerprint density at radius 2 is 1.20 bits per heavy atom. The van der Waals surface area contributed by atoms with Crippen LogP contribution in [-0.4, -0.2) is 23.2 Å². The van der Waals surface area contributed by atoms with Gasteiger partial charge in [0.15, 0.2) is 5.82 Å². The van der Waals surface area contributed by atoms with Crippen LogP contribution in [0, 0.1) is 0 Å². The van der Waals surface area contributed by atoms with E-state index < -0.39 is 0 Å². The van der Waals surface area contributed by atoms with Crippen molar-refractivity contribution in [3.63, 3.8) is 0 Å². The fourth-order valence-corrected chi connectivity index (χ4v) is 8.10. The number of benzene rings is 8. The van der Waals surface area contributed by atoms with Crippen LogP contribution in [0.5, 0.6) is 0 Å². The van der Waals surface area contributed by atoms with Crippen molar-refractivity contribution in [3.8, 4) is 45.0 Å². The monoisotopic (exact) mass is 757 g/mol. The Morgan fingerprint density at radius 1 is 0.576 bits per heavy atom. The largest absolute Gasteiger partial charge is 0.296 e. The van der Waals surface area contributed by atoms with Gasteiger partial charge < -0.3 is 0 Å². The van der Waals surface area contributed by atoms with Crippen molar-refractivity contribution >= 4 is 62.8 Å². The first-order valence-electron chi connectivity index (χ1n) is 20.2. The van der Waals surface area contributed by atoms with E-state index in [2.05, 4.69) is 213 Å². The number of nitrogens with zero attached hydrogens (tertiary/aromatic N) is 3. The smallest absolute Gasteiger partial charge is 0.160 e. The van der Waals surface area contributed by atoms with Crippen molar-refractivity contribution in [3.05, 3.63) is 204 Å². The van der Waals surface area contributed by atoms with Crippen LogP contribution in [0.2, 0.25) is 0 Å². The quantitative estimate of drug-likeness (QED) is 0.109. The molecule has 0 aliphatic carbocycles. The Kier molecular flexibility index (Phi) is 10.4. The van der Waals surface area contributed by atoms with Gasteiger partial charge in [-0.1, -0.05) is 189 Å². The van der Waals surface area contributed by atoms with E-state index in [1.54, 1.807) is 0 Å². The van der Waals surface area contributed by atoms with Crippen LogP contribution in [0.3, 0.4) is 0 Å². The number of aromatic nitrogens is 2. The SMILES string of the molecule is C=c1/c(=C\C=C\c2cccc(-c3nc(-c4ccc(-c5cccc6ccccc56)cc4)cc(-c4cccc(C(/C=N\C)=C/CC)c4)n3)c2)c2ccccc2c2ccccc12. The summed E-state index contributed by atoms with van der Waals surface area (Å²) in [6.07, 6.45) is 11.5. The van der Waals surface area contributed by atoms with Crippen LogP contribution in [0.15, 0.2) is 187 Å². The molecule has 1 heterocycles. The number of rotatable bonds is 9. The van der Waals surface area contributed by atoms with Gasteiger partial charge in [-0.05, 0) is 95.2 Å². The van der Waals surface area contributed by atoms with Gasteiger partial charge in [-0.15, -0.1) is 0 Å². The summed E-state index contributed by atoms with van der Waals surface area (Å²) >= 11 is 0. The van der Waals surface area contributed by atoms with Crippen molar-refractivity contribution in [2.45, 2.75) is 13.3 Å². The lowest BCUT2D eigenvalue weighted by Crippen LogP contribution is -2.24. The van der Waals surface area contributed by atoms with Gasteiger partial charge in [0.1, 0.15) is 0 Å². The molecule has 0 atom stereocenters. The maximum Gasteiger partial charge on any atom is 0.160 e. The van der Waals surface area contributed by atoms with Gasteiger partial charge in [-0.2, -0.15) is 0 Å². The number of fused-ring (bicyclic) bond motifs is 4. The minimum atomic E-state index is 0.667. The van der Waals surface area contributed by atoms with Crippen molar-refractivity contribution in [2.75, 3.05) is 7.05 Å². The summed E-state index contributed by atoms with van der Waals surface area (Å²) in [5, 5.41) is 9.45. The third-order valence-corrected chi connectivity index (χ3v) is 11.0. The normalized spacial score (nSPS) is 12.4. The lowest BCUT2D eigenvalue weighted by Gasteiger charge is -2.12. The standard InChI is InChI=1S/C56H43N3/c1-4-15-46(37-57-3)43-20-13-21-44(35-43)55-36-54(42-32-30-41(31-33-42)50-29-14-19-40-18-5-6-24-49(40)50)58-56(59-55)45-22-11-16-39(34-45)17-12-28-48-38(2)47-23-7-8-25-51(47)53-27-10-9-26-52(48)53/h5-37H,2,4H2,1,3H3/b17-12+,46-15+,48-28+,57-37-. The number of allylic oxidation sites excluding steroid dienone is 3. The molecular weight excluding hydrogens is 715 g/mol. The minimum Gasteiger partial charge on any atom is -0.296 e. The summed E-state index contributed by atoms with van der Waals surface area (Å²) in [6, 6.07) is 60.0. The van der Waals surface area contributed by atoms with E-state index in [4.69, 9.17) is 9.97 Å². The molecule has 0 bridgehead atoms. The van der Waals surface area contributed by atoms with Crippen LogP contribution in [-0.2, 0) is 0 Å². The molecule has 0 saturated carbocycles.